The zero-order valence-corrected chi connectivity index (χ0v) is 14.4. The van der Waals surface area contributed by atoms with Crippen molar-refractivity contribution in [1.29, 1.82) is 0 Å². The highest BCUT2D eigenvalue weighted by Gasteiger charge is 2.17. The van der Waals surface area contributed by atoms with Gasteiger partial charge < -0.3 is 20.3 Å². The van der Waals surface area contributed by atoms with Crippen LogP contribution in [0.25, 0.3) is 0 Å². The number of nitrogens with one attached hydrogen (secondary N) is 1. The first kappa shape index (κ1) is 18.1. The molecule has 1 rings (SSSR count). The number of hydrogen-bond donors (Lipinski definition) is 2. The quantitative estimate of drug-likeness (QED) is 0.818. The van der Waals surface area contributed by atoms with Gasteiger partial charge in [-0.1, -0.05) is 0 Å². The fourth-order valence-corrected chi connectivity index (χ4v) is 1.78. The third-order valence-corrected chi connectivity index (χ3v) is 3.00. The van der Waals surface area contributed by atoms with E-state index >= 15 is 0 Å². The van der Waals surface area contributed by atoms with Crippen LogP contribution in [-0.2, 0) is 4.74 Å². The first-order valence-electron chi connectivity index (χ1n) is 7.34. The van der Waals surface area contributed by atoms with Gasteiger partial charge in [-0.2, -0.15) is 0 Å². The third-order valence-electron chi connectivity index (χ3n) is 3.00. The van der Waals surface area contributed by atoms with Crippen LogP contribution >= 0.6 is 0 Å². The van der Waals surface area contributed by atoms with Crippen molar-refractivity contribution in [1.82, 2.24) is 4.90 Å². The van der Waals surface area contributed by atoms with E-state index in [4.69, 9.17) is 10.5 Å². The largest absolute Gasteiger partial charge is 0.444 e. The Balaban J connectivity index is 2.79. The minimum atomic E-state index is -0.543. The minimum Gasteiger partial charge on any atom is -0.444 e. The Kier molecular flexibility index (Phi) is 6.05. The summed E-state index contributed by atoms with van der Waals surface area (Å²) in [6, 6.07) is 5.58. The van der Waals surface area contributed by atoms with Gasteiger partial charge in [-0.15, -0.1) is 0 Å². The summed E-state index contributed by atoms with van der Waals surface area (Å²) in [4.78, 5) is 16.1. The lowest BCUT2D eigenvalue weighted by Gasteiger charge is -2.23. The lowest BCUT2D eigenvalue weighted by atomic mass is 10.2. The van der Waals surface area contributed by atoms with Gasteiger partial charge in [0, 0.05) is 25.8 Å². The SMILES string of the molecule is CN(C)CCN(C)c1ccc(N)c(NC(=O)OC(C)(C)C)c1. The highest BCUT2D eigenvalue weighted by atomic mass is 16.6. The van der Waals surface area contributed by atoms with Crippen molar-refractivity contribution in [2.45, 2.75) is 26.4 Å². The van der Waals surface area contributed by atoms with E-state index in [1.165, 1.54) is 0 Å². The van der Waals surface area contributed by atoms with Gasteiger partial charge in [-0.3, -0.25) is 5.32 Å². The fourth-order valence-electron chi connectivity index (χ4n) is 1.78. The van der Waals surface area contributed by atoms with Crippen molar-refractivity contribution in [3.8, 4) is 0 Å². The molecule has 22 heavy (non-hydrogen) atoms. The molecule has 0 aliphatic rings. The van der Waals surface area contributed by atoms with Gasteiger partial charge in [0.05, 0.1) is 11.4 Å². The molecule has 1 amide bonds. The van der Waals surface area contributed by atoms with E-state index < -0.39 is 11.7 Å². The molecule has 0 saturated carbocycles. The summed E-state index contributed by atoms with van der Waals surface area (Å²) in [6.07, 6.45) is -0.507. The molecule has 0 bridgehead atoms. The van der Waals surface area contributed by atoms with Crippen LogP contribution in [0, 0.1) is 0 Å². The van der Waals surface area contributed by atoms with E-state index in [2.05, 4.69) is 15.1 Å². The molecule has 0 heterocycles. The molecule has 3 N–H and O–H groups in total. The number of nitrogens with zero attached hydrogens (tertiary/aromatic N) is 2. The van der Waals surface area contributed by atoms with E-state index in [1.54, 1.807) is 6.07 Å². The van der Waals surface area contributed by atoms with Crippen LogP contribution in [0.2, 0.25) is 0 Å². The predicted octanol–water partition coefficient (Wildman–Crippen LogP) is 2.61. The number of likely N-dealkylation sites (N-methyl/N-ethyl adjacent to an activating group) is 2. The molecule has 0 aromatic heterocycles. The number of anilines is 3. The van der Waals surface area contributed by atoms with E-state index in [0.29, 0.717) is 11.4 Å². The molecule has 0 aliphatic heterocycles. The second-order valence-corrected chi connectivity index (χ2v) is 6.62. The Hall–Kier alpha value is -1.95. The van der Waals surface area contributed by atoms with Crippen molar-refractivity contribution in [3.63, 3.8) is 0 Å². The van der Waals surface area contributed by atoms with Gasteiger partial charge in [-0.05, 0) is 53.1 Å². The number of carbonyl (C=O) groups is 1. The van der Waals surface area contributed by atoms with Gasteiger partial charge >= 0.3 is 6.09 Å². The Morgan fingerprint density at radius 3 is 2.41 bits per heavy atom. The molecule has 1 aromatic carbocycles. The second-order valence-electron chi connectivity index (χ2n) is 6.62. The van der Waals surface area contributed by atoms with E-state index in [1.807, 2.05) is 54.0 Å². The van der Waals surface area contributed by atoms with Gasteiger partial charge in [-0.25, -0.2) is 4.79 Å². The molecule has 0 spiro atoms. The molecule has 0 unspecified atom stereocenters. The lowest BCUT2D eigenvalue weighted by Crippen LogP contribution is -2.29. The standard InChI is InChI=1S/C16H28N4O2/c1-16(2,3)22-15(21)18-14-11-12(7-8-13(14)17)20(6)10-9-19(4)5/h7-8,11H,9-10,17H2,1-6H3,(H,18,21). The second kappa shape index (κ2) is 7.35. The summed E-state index contributed by atoms with van der Waals surface area (Å²) in [5.41, 5.74) is 7.44. The number of benzene rings is 1. The number of nitrogen functional groups attached to an aromatic ring is 1. The molecule has 0 atom stereocenters. The lowest BCUT2D eigenvalue weighted by molar-refractivity contribution is 0.0636. The summed E-state index contributed by atoms with van der Waals surface area (Å²) < 4.78 is 5.25. The minimum absolute atomic E-state index is 0.507. The number of ether oxygens (including phenoxy) is 1. The van der Waals surface area contributed by atoms with E-state index in [-0.39, 0.29) is 0 Å². The van der Waals surface area contributed by atoms with E-state index in [0.717, 1.165) is 18.8 Å². The zero-order chi connectivity index (χ0) is 16.9. The van der Waals surface area contributed by atoms with Crippen LogP contribution in [0.5, 0.6) is 0 Å². The van der Waals surface area contributed by atoms with Crippen LogP contribution in [-0.4, -0.2) is 50.8 Å². The molecule has 124 valence electrons. The van der Waals surface area contributed by atoms with Crippen LogP contribution in [0.1, 0.15) is 20.8 Å². The number of hydrogen-bond acceptors (Lipinski definition) is 5. The summed E-state index contributed by atoms with van der Waals surface area (Å²) in [5.74, 6) is 0. The zero-order valence-electron chi connectivity index (χ0n) is 14.4. The molecule has 0 fully saturated rings. The summed E-state index contributed by atoms with van der Waals surface area (Å²) in [6.45, 7) is 7.28. The molecule has 6 nitrogen and oxygen atoms in total. The normalized spacial score (nSPS) is 11.4. The molecule has 1 aromatic rings. The van der Waals surface area contributed by atoms with Gasteiger partial charge in [0.2, 0.25) is 0 Å². The Labute approximate surface area is 133 Å². The smallest absolute Gasteiger partial charge is 0.412 e. The Bertz CT molecular complexity index is 509. The maximum atomic E-state index is 11.9. The monoisotopic (exact) mass is 308 g/mol. The fraction of sp³-hybridized carbons (Fsp3) is 0.562. The molecule has 0 aliphatic carbocycles. The number of rotatable bonds is 5. The van der Waals surface area contributed by atoms with Crippen LogP contribution < -0.4 is 16.0 Å². The highest BCUT2D eigenvalue weighted by Crippen LogP contribution is 2.25. The van der Waals surface area contributed by atoms with Crippen molar-refractivity contribution < 1.29 is 9.53 Å². The molecular weight excluding hydrogens is 280 g/mol. The summed E-state index contributed by atoms with van der Waals surface area (Å²) in [7, 11) is 6.07. The van der Waals surface area contributed by atoms with Gasteiger partial charge in [0.15, 0.2) is 0 Å². The van der Waals surface area contributed by atoms with E-state index in [9.17, 15) is 4.79 Å². The average molecular weight is 308 g/mol. The van der Waals surface area contributed by atoms with Gasteiger partial charge in [0.1, 0.15) is 5.60 Å². The highest BCUT2D eigenvalue weighted by molar-refractivity contribution is 5.90. The predicted molar refractivity (Wildman–Crippen MR) is 92.5 cm³/mol. The van der Waals surface area contributed by atoms with Crippen molar-refractivity contribution in [3.05, 3.63) is 18.2 Å². The van der Waals surface area contributed by atoms with Crippen LogP contribution in [0.15, 0.2) is 18.2 Å². The number of nitrogens with two attached hydrogens (primary N) is 1. The van der Waals surface area contributed by atoms with Crippen LogP contribution in [0.4, 0.5) is 21.9 Å². The first-order valence-corrected chi connectivity index (χ1v) is 7.34. The number of amides is 1. The maximum Gasteiger partial charge on any atom is 0.412 e. The Morgan fingerprint density at radius 2 is 1.86 bits per heavy atom. The Morgan fingerprint density at radius 1 is 1.23 bits per heavy atom. The van der Waals surface area contributed by atoms with Crippen molar-refractivity contribution >= 4 is 23.2 Å². The van der Waals surface area contributed by atoms with Crippen molar-refractivity contribution in [2.75, 3.05) is 50.2 Å². The molecule has 0 radical (unpaired) electrons. The van der Waals surface area contributed by atoms with Crippen LogP contribution in [0.3, 0.4) is 0 Å². The summed E-state index contributed by atoms with van der Waals surface area (Å²) in [5, 5.41) is 2.70. The third kappa shape index (κ3) is 6.22. The molecule has 0 saturated heterocycles. The van der Waals surface area contributed by atoms with Crippen molar-refractivity contribution in [2.24, 2.45) is 0 Å². The molecule has 6 heteroatoms. The van der Waals surface area contributed by atoms with Gasteiger partial charge in [0.25, 0.3) is 0 Å². The topological polar surface area (TPSA) is 70.8 Å². The average Bonchev–Trinajstić information content (AvgIpc) is 2.36. The number of carbonyl (C=O) groups excluding carboxylic acids is 1. The first-order chi connectivity index (χ1) is 10.1. The summed E-state index contributed by atoms with van der Waals surface area (Å²) >= 11 is 0. The maximum absolute atomic E-state index is 11.9. The molecular formula is C16H28N4O2.